The molecule has 1 aliphatic heterocycles. The van der Waals surface area contributed by atoms with Gasteiger partial charge in [0.15, 0.2) is 10.9 Å². The number of carbonyl (C=O) groups excluding carboxylic acids is 2. The van der Waals surface area contributed by atoms with E-state index in [1.807, 2.05) is 38.1 Å². The predicted molar refractivity (Wildman–Crippen MR) is 142 cm³/mol. The first-order chi connectivity index (χ1) is 17.3. The average Bonchev–Trinajstić information content (AvgIpc) is 3.50. The molecule has 4 aromatic rings. The predicted octanol–water partition coefficient (Wildman–Crippen LogP) is 6.03. The van der Waals surface area contributed by atoms with Gasteiger partial charge in [0.25, 0.3) is 5.91 Å². The molecule has 2 aromatic heterocycles. The van der Waals surface area contributed by atoms with Crippen LogP contribution < -0.4 is 9.64 Å². The summed E-state index contributed by atoms with van der Waals surface area (Å²) in [7, 11) is 0. The van der Waals surface area contributed by atoms with Crippen molar-refractivity contribution in [3.8, 4) is 5.75 Å². The zero-order valence-corrected chi connectivity index (χ0v) is 21.6. The van der Waals surface area contributed by atoms with Gasteiger partial charge in [-0.3, -0.25) is 14.5 Å². The second-order valence-electron chi connectivity index (χ2n) is 8.42. The van der Waals surface area contributed by atoms with Gasteiger partial charge in [0.05, 0.1) is 31.4 Å². The third-order valence-electron chi connectivity index (χ3n) is 5.87. The minimum absolute atomic E-state index is 0.0168. The highest BCUT2D eigenvalue weighted by Gasteiger charge is 2.47. The highest BCUT2D eigenvalue weighted by atomic mass is 32.1. The van der Waals surface area contributed by atoms with Crippen molar-refractivity contribution in [3.05, 3.63) is 93.2 Å². The molecular formula is C27H23N3O4S2. The quantitative estimate of drug-likeness (QED) is 0.238. The summed E-state index contributed by atoms with van der Waals surface area (Å²) in [6, 6.07) is 12.1. The van der Waals surface area contributed by atoms with Crippen molar-refractivity contribution in [2.75, 3.05) is 11.5 Å². The molecule has 1 aliphatic rings. The standard InChI is InChI=1S/C27H23N3O4S2/c1-5-12-34-19-9-7-6-8-17(19)22-21(23(31)25-15(3)28-16(4)35-25)24(32)26(33)30(22)27-29-18-11-10-14(2)13-20(18)36-27/h5-11,13,22,32H,1,12H2,2-4H3. The lowest BCUT2D eigenvalue weighted by Gasteiger charge is -2.26. The number of hydrogen-bond donors (Lipinski definition) is 1. The minimum Gasteiger partial charge on any atom is -0.503 e. The second-order valence-corrected chi connectivity index (χ2v) is 10.6. The highest BCUT2D eigenvalue weighted by molar-refractivity contribution is 7.22. The van der Waals surface area contributed by atoms with Crippen LogP contribution in [0, 0.1) is 20.8 Å². The second kappa shape index (κ2) is 9.33. The fourth-order valence-electron chi connectivity index (χ4n) is 4.30. The van der Waals surface area contributed by atoms with Crippen LogP contribution in [0.5, 0.6) is 5.75 Å². The van der Waals surface area contributed by atoms with Crippen LogP contribution in [0.2, 0.25) is 0 Å². The third kappa shape index (κ3) is 4.00. The number of fused-ring (bicyclic) bond motifs is 1. The number of aryl methyl sites for hydroxylation is 3. The molecule has 2 aromatic carbocycles. The maximum absolute atomic E-state index is 13.8. The number of benzene rings is 2. The molecule has 7 nitrogen and oxygen atoms in total. The smallest absolute Gasteiger partial charge is 0.296 e. The molecule has 0 spiro atoms. The molecule has 0 saturated carbocycles. The summed E-state index contributed by atoms with van der Waals surface area (Å²) in [6.45, 7) is 9.49. The molecule has 1 unspecified atom stereocenters. The first-order valence-corrected chi connectivity index (χ1v) is 12.9. The van der Waals surface area contributed by atoms with Crippen LogP contribution in [0.25, 0.3) is 10.2 Å². The van der Waals surface area contributed by atoms with Crippen LogP contribution in [0.3, 0.4) is 0 Å². The number of hydrogen-bond acceptors (Lipinski definition) is 8. The largest absolute Gasteiger partial charge is 0.503 e. The normalized spacial score (nSPS) is 15.7. The number of ether oxygens (including phenoxy) is 1. The molecule has 182 valence electrons. The van der Waals surface area contributed by atoms with Gasteiger partial charge in [-0.1, -0.05) is 48.3 Å². The number of amides is 1. The Labute approximate surface area is 216 Å². The van der Waals surface area contributed by atoms with Crippen molar-refractivity contribution in [1.29, 1.82) is 0 Å². The van der Waals surface area contributed by atoms with Crippen molar-refractivity contribution in [2.45, 2.75) is 26.8 Å². The Morgan fingerprint density at radius 2 is 1.94 bits per heavy atom. The fraction of sp³-hybridized carbons (Fsp3) is 0.185. The zero-order valence-electron chi connectivity index (χ0n) is 19.9. The Bertz CT molecular complexity index is 1570. The molecule has 1 atom stereocenters. The maximum atomic E-state index is 13.8. The molecule has 0 aliphatic carbocycles. The van der Waals surface area contributed by atoms with Gasteiger partial charge < -0.3 is 9.84 Å². The topological polar surface area (TPSA) is 92.6 Å². The van der Waals surface area contributed by atoms with Crippen LogP contribution in [0.15, 0.2) is 66.5 Å². The number of Topliss-reactive ketones (excluding diaryl/α,β-unsaturated/α-hetero) is 1. The molecule has 0 bridgehead atoms. The van der Waals surface area contributed by atoms with Gasteiger partial charge in [-0.2, -0.15) is 0 Å². The Balaban J connectivity index is 1.71. The lowest BCUT2D eigenvalue weighted by molar-refractivity contribution is -0.117. The Morgan fingerprint density at radius 3 is 2.67 bits per heavy atom. The summed E-state index contributed by atoms with van der Waals surface area (Å²) in [5.74, 6) is -1.23. The Morgan fingerprint density at radius 1 is 1.17 bits per heavy atom. The van der Waals surface area contributed by atoms with E-state index in [-0.39, 0.29) is 12.2 Å². The van der Waals surface area contributed by atoms with E-state index in [0.29, 0.717) is 27.0 Å². The molecule has 5 rings (SSSR count). The zero-order chi connectivity index (χ0) is 25.6. The van der Waals surface area contributed by atoms with Crippen LogP contribution in [-0.2, 0) is 4.79 Å². The molecule has 0 saturated heterocycles. The summed E-state index contributed by atoms with van der Waals surface area (Å²) < 4.78 is 6.80. The number of nitrogens with zero attached hydrogens (tertiary/aromatic N) is 3. The summed E-state index contributed by atoms with van der Waals surface area (Å²) in [4.78, 5) is 38.2. The first kappa shape index (κ1) is 23.9. The van der Waals surface area contributed by atoms with Crippen molar-refractivity contribution in [2.24, 2.45) is 0 Å². The van der Waals surface area contributed by atoms with Gasteiger partial charge in [-0.25, -0.2) is 9.97 Å². The van der Waals surface area contributed by atoms with E-state index in [9.17, 15) is 14.7 Å². The number of aromatic nitrogens is 2. The summed E-state index contributed by atoms with van der Waals surface area (Å²) in [5, 5.41) is 12.2. The summed E-state index contributed by atoms with van der Waals surface area (Å²) >= 11 is 2.57. The van der Waals surface area contributed by atoms with Crippen LogP contribution in [0.1, 0.15) is 37.5 Å². The van der Waals surface area contributed by atoms with Crippen molar-refractivity contribution >= 4 is 49.7 Å². The number of thiazole rings is 2. The first-order valence-electron chi connectivity index (χ1n) is 11.3. The number of aliphatic hydroxyl groups excluding tert-OH is 1. The minimum atomic E-state index is -0.936. The number of ketones is 1. The summed E-state index contributed by atoms with van der Waals surface area (Å²) in [6.07, 6.45) is 1.62. The highest BCUT2D eigenvalue weighted by Crippen LogP contribution is 2.47. The third-order valence-corrected chi connectivity index (χ3v) is 7.96. The van der Waals surface area contributed by atoms with Gasteiger partial charge in [-0.05, 0) is 44.5 Å². The SMILES string of the molecule is C=CCOc1ccccc1C1C(C(=O)c2sc(C)nc2C)=C(O)C(=O)N1c1nc2ccc(C)cc2s1. The van der Waals surface area contributed by atoms with E-state index in [4.69, 9.17) is 4.74 Å². The van der Waals surface area contributed by atoms with Gasteiger partial charge in [0, 0.05) is 5.56 Å². The fourth-order valence-corrected chi connectivity index (χ4v) is 6.27. The summed E-state index contributed by atoms with van der Waals surface area (Å²) in [5.41, 5.74) is 2.90. The number of anilines is 1. The van der Waals surface area contributed by atoms with E-state index < -0.39 is 23.5 Å². The average molecular weight is 518 g/mol. The molecule has 9 heteroatoms. The Kier molecular flexibility index (Phi) is 6.19. The molecular weight excluding hydrogens is 494 g/mol. The lowest BCUT2D eigenvalue weighted by atomic mass is 9.94. The monoisotopic (exact) mass is 517 g/mol. The molecule has 3 heterocycles. The molecule has 0 radical (unpaired) electrons. The van der Waals surface area contributed by atoms with Crippen molar-refractivity contribution < 1.29 is 19.4 Å². The van der Waals surface area contributed by atoms with Crippen LogP contribution in [0.4, 0.5) is 5.13 Å². The number of aliphatic hydroxyl groups is 1. The van der Waals surface area contributed by atoms with E-state index >= 15 is 0 Å². The van der Waals surface area contributed by atoms with Crippen LogP contribution >= 0.6 is 22.7 Å². The van der Waals surface area contributed by atoms with Gasteiger partial charge >= 0.3 is 0 Å². The van der Waals surface area contributed by atoms with Crippen LogP contribution in [-0.4, -0.2) is 33.4 Å². The van der Waals surface area contributed by atoms with E-state index in [1.165, 1.54) is 27.6 Å². The molecule has 1 amide bonds. The number of rotatable bonds is 7. The molecule has 0 fully saturated rings. The van der Waals surface area contributed by atoms with Crippen molar-refractivity contribution in [3.63, 3.8) is 0 Å². The number of para-hydroxylation sites is 1. The van der Waals surface area contributed by atoms with E-state index in [0.717, 1.165) is 20.8 Å². The van der Waals surface area contributed by atoms with Gasteiger partial charge in [0.2, 0.25) is 5.78 Å². The molecule has 1 N–H and O–H groups in total. The number of carbonyl (C=O) groups is 2. The van der Waals surface area contributed by atoms with E-state index in [2.05, 4.69) is 16.5 Å². The maximum Gasteiger partial charge on any atom is 0.296 e. The van der Waals surface area contributed by atoms with Gasteiger partial charge in [-0.15, -0.1) is 11.3 Å². The van der Waals surface area contributed by atoms with Gasteiger partial charge in [0.1, 0.15) is 18.4 Å². The molecule has 36 heavy (non-hydrogen) atoms. The van der Waals surface area contributed by atoms with E-state index in [1.54, 1.807) is 31.2 Å². The lowest BCUT2D eigenvalue weighted by Crippen LogP contribution is -2.31. The Hall–Kier alpha value is -3.82. The van der Waals surface area contributed by atoms with Crippen molar-refractivity contribution in [1.82, 2.24) is 9.97 Å².